The summed E-state index contributed by atoms with van der Waals surface area (Å²) < 4.78 is 12.8. The van der Waals surface area contributed by atoms with Gasteiger partial charge in [-0.1, -0.05) is 5.92 Å². The zero-order valence-corrected chi connectivity index (χ0v) is 6.89. The number of anilines is 1. The molecule has 1 aromatic carbocycles. The molecule has 0 unspecified atom stereocenters. The number of terminal acetylenes is 1. The van der Waals surface area contributed by atoms with Gasteiger partial charge in [0.2, 0.25) is 0 Å². The average molecular weight is 163 g/mol. The molecule has 0 atom stereocenters. The van der Waals surface area contributed by atoms with E-state index in [1.54, 1.807) is 19.1 Å². The SMILES string of the molecule is C#CCNc1ccc(F)c(C)c1. The first kappa shape index (κ1) is 8.61. The van der Waals surface area contributed by atoms with Crippen molar-refractivity contribution in [2.75, 3.05) is 11.9 Å². The van der Waals surface area contributed by atoms with Crippen LogP contribution in [0.3, 0.4) is 0 Å². The van der Waals surface area contributed by atoms with Crippen LogP contribution in [0.5, 0.6) is 0 Å². The Hall–Kier alpha value is -1.49. The van der Waals surface area contributed by atoms with Gasteiger partial charge in [-0.2, -0.15) is 0 Å². The molecule has 0 aliphatic heterocycles. The minimum atomic E-state index is -0.193. The van der Waals surface area contributed by atoms with E-state index in [1.165, 1.54) is 6.07 Å². The molecular formula is C10H10FN. The van der Waals surface area contributed by atoms with Gasteiger partial charge in [0.15, 0.2) is 0 Å². The molecule has 0 bridgehead atoms. The first-order chi connectivity index (χ1) is 5.74. The van der Waals surface area contributed by atoms with Crippen LogP contribution in [0, 0.1) is 25.1 Å². The Morgan fingerprint density at radius 1 is 1.58 bits per heavy atom. The Labute approximate surface area is 71.6 Å². The summed E-state index contributed by atoms with van der Waals surface area (Å²) in [5, 5.41) is 2.96. The highest BCUT2D eigenvalue weighted by Gasteiger charge is 1.96. The van der Waals surface area contributed by atoms with Crippen molar-refractivity contribution in [3.05, 3.63) is 29.6 Å². The monoisotopic (exact) mass is 163 g/mol. The predicted molar refractivity (Wildman–Crippen MR) is 48.5 cm³/mol. The van der Waals surface area contributed by atoms with Gasteiger partial charge in [-0.25, -0.2) is 4.39 Å². The van der Waals surface area contributed by atoms with Crippen molar-refractivity contribution in [1.82, 2.24) is 0 Å². The van der Waals surface area contributed by atoms with Gasteiger partial charge in [0.25, 0.3) is 0 Å². The first-order valence-electron chi connectivity index (χ1n) is 3.67. The third-order valence-corrected chi connectivity index (χ3v) is 1.55. The summed E-state index contributed by atoms with van der Waals surface area (Å²) >= 11 is 0. The van der Waals surface area contributed by atoms with Crippen LogP contribution < -0.4 is 5.32 Å². The largest absolute Gasteiger partial charge is 0.374 e. The summed E-state index contributed by atoms with van der Waals surface area (Å²) in [6, 6.07) is 4.82. The van der Waals surface area contributed by atoms with Crippen LogP contribution in [0.1, 0.15) is 5.56 Å². The number of rotatable bonds is 2. The third-order valence-electron chi connectivity index (χ3n) is 1.55. The lowest BCUT2D eigenvalue weighted by atomic mass is 10.2. The summed E-state index contributed by atoms with van der Waals surface area (Å²) in [5.41, 5.74) is 1.48. The number of nitrogens with one attached hydrogen (secondary N) is 1. The number of hydrogen-bond acceptors (Lipinski definition) is 1. The van der Waals surface area contributed by atoms with Gasteiger partial charge < -0.3 is 5.32 Å². The van der Waals surface area contributed by atoms with Crippen LogP contribution in [0.4, 0.5) is 10.1 Å². The molecular weight excluding hydrogens is 153 g/mol. The predicted octanol–water partition coefficient (Wildman–Crippen LogP) is 2.18. The molecule has 0 amide bonds. The van der Waals surface area contributed by atoms with Gasteiger partial charge >= 0.3 is 0 Å². The Morgan fingerprint density at radius 3 is 2.92 bits per heavy atom. The molecule has 0 aliphatic carbocycles. The molecule has 0 fully saturated rings. The van der Waals surface area contributed by atoms with Gasteiger partial charge in [-0.05, 0) is 30.7 Å². The molecule has 12 heavy (non-hydrogen) atoms. The second kappa shape index (κ2) is 3.77. The number of benzene rings is 1. The standard InChI is InChI=1S/C10H10FN/c1-3-6-12-9-4-5-10(11)8(2)7-9/h1,4-5,7,12H,6H2,2H3. The van der Waals surface area contributed by atoms with Crippen LogP contribution in [0.15, 0.2) is 18.2 Å². The maximum absolute atomic E-state index is 12.8. The zero-order valence-electron chi connectivity index (χ0n) is 6.89. The van der Waals surface area contributed by atoms with Gasteiger partial charge in [0.05, 0.1) is 6.54 Å². The third kappa shape index (κ3) is 2.00. The maximum Gasteiger partial charge on any atom is 0.126 e. The molecule has 1 rings (SSSR count). The number of aryl methyl sites for hydroxylation is 1. The molecule has 0 aliphatic rings. The average Bonchev–Trinajstić information content (AvgIpc) is 2.07. The molecule has 0 saturated heterocycles. The molecule has 0 radical (unpaired) electrons. The molecule has 0 heterocycles. The van der Waals surface area contributed by atoms with E-state index >= 15 is 0 Å². The second-order valence-corrected chi connectivity index (χ2v) is 2.52. The summed E-state index contributed by atoms with van der Waals surface area (Å²) in [6.45, 7) is 2.18. The smallest absolute Gasteiger partial charge is 0.126 e. The summed E-state index contributed by atoms with van der Waals surface area (Å²) in [6.07, 6.45) is 5.06. The van der Waals surface area contributed by atoms with Crippen LogP contribution in [-0.4, -0.2) is 6.54 Å². The quantitative estimate of drug-likeness (QED) is 0.659. The molecule has 2 heteroatoms. The van der Waals surface area contributed by atoms with E-state index < -0.39 is 0 Å². The Morgan fingerprint density at radius 2 is 2.33 bits per heavy atom. The minimum absolute atomic E-state index is 0.193. The highest BCUT2D eigenvalue weighted by atomic mass is 19.1. The first-order valence-corrected chi connectivity index (χ1v) is 3.67. The fourth-order valence-electron chi connectivity index (χ4n) is 0.908. The van der Waals surface area contributed by atoms with E-state index in [2.05, 4.69) is 11.2 Å². The van der Waals surface area contributed by atoms with Gasteiger partial charge in [0, 0.05) is 5.69 Å². The number of halogens is 1. The highest BCUT2D eigenvalue weighted by Crippen LogP contribution is 2.12. The molecule has 0 aromatic heterocycles. The van der Waals surface area contributed by atoms with Crippen LogP contribution in [-0.2, 0) is 0 Å². The minimum Gasteiger partial charge on any atom is -0.374 e. The van der Waals surface area contributed by atoms with Crippen molar-refractivity contribution in [3.8, 4) is 12.3 Å². The molecule has 1 N–H and O–H groups in total. The fourth-order valence-corrected chi connectivity index (χ4v) is 0.908. The maximum atomic E-state index is 12.8. The molecule has 0 spiro atoms. The van der Waals surface area contributed by atoms with E-state index in [0.29, 0.717) is 12.1 Å². The van der Waals surface area contributed by atoms with Crippen molar-refractivity contribution < 1.29 is 4.39 Å². The molecule has 0 saturated carbocycles. The summed E-state index contributed by atoms with van der Waals surface area (Å²) in [5.74, 6) is 2.25. The van der Waals surface area contributed by atoms with Gasteiger partial charge in [0.1, 0.15) is 5.82 Å². The van der Waals surface area contributed by atoms with Crippen molar-refractivity contribution >= 4 is 5.69 Å². The van der Waals surface area contributed by atoms with Gasteiger partial charge in [-0.3, -0.25) is 0 Å². The van der Waals surface area contributed by atoms with E-state index in [1.807, 2.05) is 0 Å². The van der Waals surface area contributed by atoms with E-state index in [4.69, 9.17) is 6.42 Å². The topological polar surface area (TPSA) is 12.0 Å². The van der Waals surface area contributed by atoms with Crippen molar-refractivity contribution in [1.29, 1.82) is 0 Å². The Kier molecular flexibility index (Phi) is 2.71. The zero-order chi connectivity index (χ0) is 8.97. The van der Waals surface area contributed by atoms with E-state index in [9.17, 15) is 4.39 Å². The molecule has 1 aromatic rings. The van der Waals surface area contributed by atoms with Crippen molar-refractivity contribution in [3.63, 3.8) is 0 Å². The normalized spacial score (nSPS) is 9.08. The number of hydrogen-bond donors (Lipinski definition) is 1. The van der Waals surface area contributed by atoms with Crippen molar-refractivity contribution in [2.45, 2.75) is 6.92 Å². The second-order valence-electron chi connectivity index (χ2n) is 2.52. The summed E-state index contributed by atoms with van der Waals surface area (Å²) in [4.78, 5) is 0. The molecule has 62 valence electrons. The van der Waals surface area contributed by atoms with Crippen LogP contribution in [0.2, 0.25) is 0 Å². The lowest BCUT2D eigenvalue weighted by Crippen LogP contribution is -1.98. The Bertz CT molecular complexity index is 312. The van der Waals surface area contributed by atoms with Gasteiger partial charge in [-0.15, -0.1) is 6.42 Å². The lowest BCUT2D eigenvalue weighted by molar-refractivity contribution is 0.619. The van der Waals surface area contributed by atoms with Crippen LogP contribution in [0.25, 0.3) is 0 Å². The summed E-state index contributed by atoms with van der Waals surface area (Å²) in [7, 11) is 0. The molecule has 1 nitrogen and oxygen atoms in total. The fraction of sp³-hybridized carbons (Fsp3) is 0.200. The van der Waals surface area contributed by atoms with Crippen LogP contribution >= 0.6 is 0 Å². The lowest BCUT2D eigenvalue weighted by Gasteiger charge is -2.03. The van der Waals surface area contributed by atoms with E-state index in [0.717, 1.165) is 5.69 Å². The Balaban J connectivity index is 2.77. The highest BCUT2D eigenvalue weighted by molar-refractivity contribution is 5.46. The van der Waals surface area contributed by atoms with E-state index in [-0.39, 0.29) is 5.82 Å². The van der Waals surface area contributed by atoms with Crippen molar-refractivity contribution in [2.24, 2.45) is 0 Å².